The van der Waals surface area contributed by atoms with Crippen molar-refractivity contribution < 1.29 is 9.59 Å². The number of rotatable bonds is 0. The first-order valence-electron chi connectivity index (χ1n) is 2.40. The molecule has 0 bridgehead atoms. The number of amides is 4. The van der Waals surface area contributed by atoms with Gasteiger partial charge in [-0.25, -0.2) is 19.6 Å². The fourth-order valence-corrected chi connectivity index (χ4v) is 0.483. The van der Waals surface area contributed by atoms with Crippen LogP contribution in [0.4, 0.5) is 9.59 Å². The first-order valence-corrected chi connectivity index (χ1v) is 2.40. The van der Waals surface area contributed by atoms with Crippen molar-refractivity contribution in [3.63, 3.8) is 0 Å². The predicted octanol–water partition coefficient (Wildman–Crippen LogP) is -0.377. The normalized spacial score (nSPS) is 18.9. The van der Waals surface area contributed by atoms with Gasteiger partial charge in [-0.2, -0.15) is 0 Å². The number of urea groups is 2. The third-order valence-corrected chi connectivity index (χ3v) is 1.19. The molecule has 1 radical (unpaired) electrons. The smallest absolute Gasteiger partial charge is 0.244 e. The van der Waals surface area contributed by atoms with E-state index in [-0.39, 0.29) is 0 Å². The summed E-state index contributed by atoms with van der Waals surface area (Å²) in [4.78, 5) is 21.0. The van der Waals surface area contributed by atoms with Crippen LogP contribution < -0.4 is 5.32 Å². The van der Waals surface area contributed by atoms with Gasteiger partial charge in [0.1, 0.15) is 0 Å². The molecule has 0 N–H and O–H groups in total. The molecule has 1 aliphatic rings. The molecule has 1 aliphatic heterocycles. The van der Waals surface area contributed by atoms with Crippen LogP contribution in [0.15, 0.2) is 0 Å². The predicted molar refractivity (Wildman–Crippen MR) is 28.5 cm³/mol. The molecule has 49 valence electrons. The highest BCUT2D eigenvalue weighted by Gasteiger charge is 2.30. The third-order valence-electron chi connectivity index (χ3n) is 1.19. The molecule has 0 aromatic carbocycles. The quantitative estimate of drug-likeness (QED) is 0.446. The zero-order valence-corrected chi connectivity index (χ0v) is 5.16. The van der Waals surface area contributed by atoms with Crippen molar-refractivity contribution in [2.24, 2.45) is 0 Å². The highest BCUT2D eigenvalue weighted by Crippen LogP contribution is 2.01. The monoisotopic (exact) mass is 128 g/mol. The van der Waals surface area contributed by atoms with Crippen LogP contribution >= 0.6 is 0 Å². The summed E-state index contributed by atoms with van der Waals surface area (Å²) in [7, 11) is 2.97. The second-order valence-corrected chi connectivity index (χ2v) is 1.72. The third kappa shape index (κ3) is 0.697. The van der Waals surface area contributed by atoms with Crippen molar-refractivity contribution in [3.8, 4) is 0 Å². The lowest BCUT2D eigenvalue weighted by atomic mass is 10.9. The molecule has 0 aromatic heterocycles. The minimum absolute atomic E-state index is 0.512. The first-order chi connectivity index (χ1) is 4.13. The average Bonchev–Trinajstić information content (AvgIpc) is 1.98. The molecule has 9 heavy (non-hydrogen) atoms. The van der Waals surface area contributed by atoms with Gasteiger partial charge in [-0.15, -0.1) is 5.32 Å². The van der Waals surface area contributed by atoms with Crippen molar-refractivity contribution in [1.82, 2.24) is 15.3 Å². The van der Waals surface area contributed by atoms with Crippen LogP contribution in [0.3, 0.4) is 0 Å². The highest BCUT2D eigenvalue weighted by molar-refractivity contribution is 5.97. The van der Waals surface area contributed by atoms with Crippen molar-refractivity contribution >= 4 is 12.1 Å². The lowest BCUT2D eigenvalue weighted by molar-refractivity contribution is 0.125. The molecule has 0 spiro atoms. The van der Waals surface area contributed by atoms with E-state index in [2.05, 4.69) is 5.32 Å². The zero-order valence-electron chi connectivity index (χ0n) is 5.16. The maximum Gasteiger partial charge on any atom is 0.366 e. The molecule has 1 fully saturated rings. The van der Waals surface area contributed by atoms with Crippen molar-refractivity contribution in [3.05, 3.63) is 0 Å². The van der Waals surface area contributed by atoms with Gasteiger partial charge in [-0.3, -0.25) is 0 Å². The Morgan fingerprint density at radius 1 is 1.11 bits per heavy atom. The summed E-state index contributed by atoms with van der Waals surface area (Å²) in [6.45, 7) is 0. The second-order valence-electron chi connectivity index (χ2n) is 1.72. The zero-order chi connectivity index (χ0) is 7.02. The molecule has 0 unspecified atom stereocenters. The van der Waals surface area contributed by atoms with Crippen molar-refractivity contribution in [1.29, 1.82) is 0 Å². The molecule has 1 heterocycles. The Bertz CT molecular complexity index is 149. The van der Waals surface area contributed by atoms with E-state index in [0.29, 0.717) is 0 Å². The summed E-state index contributed by atoms with van der Waals surface area (Å²) < 4.78 is 0. The van der Waals surface area contributed by atoms with E-state index in [1.807, 2.05) is 0 Å². The highest BCUT2D eigenvalue weighted by atomic mass is 16.2. The second kappa shape index (κ2) is 1.61. The SMILES string of the molecule is CN1C(=O)[N]C(=O)N1C. The Labute approximate surface area is 52.2 Å². The van der Waals surface area contributed by atoms with E-state index in [1.54, 1.807) is 0 Å². The Hall–Kier alpha value is -1.26. The molecule has 4 amide bonds. The van der Waals surface area contributed by atoms with Gasteiger partial charge < -0.3 is 0 Å². The van der Waals surface area contributed by atoms with Crippen LogP contribution in [0.5, 0.6) is 0 Å². The maximum absolute atomic E-state index is 10.5. The molecule has 0 atom stereocenters. The fourth-order valence-electron chi connectivity index (χ4n) is 0.483. The Morgan fingerprint density at radius 3 is 1.56 bits per heavy atom. The molecule has 0 saturated carbocycles. The number of hydrazine groups is 1. The number of imide groups is 1. The van der Waals surface area contributed by atoms with Gasteiger partial charge in [-0.05, 0) is 0 Å². The lowest BCUT2D eigenvalue weighted by Gasteiger charge is -2.14. The molecule has 5 heteroatoms. The average molecular weight is 128 g/mol. The first kappa shape index (κ1) is 5.87. The van der Waals surface area contributed by atoms with Crippen LogP contribution in [0.1, 0.15) is 0 Å². The van der Waals surface area contributed by atoms with Crippen LogP contribution in [0.25, 0.3) is 0 Å². The van der Waals surface area contributed by atoms with Gasteiger partial charge in [0.2, 0.25) is 0 Å². The van der Waals surface area contributed by atoms with Gasteiger partial charge in [0.15, 0.2) is 0 Å². The molecular formula is C4H6N3O2. The Kier molecular flexibility index (Phi) is 1.05. The summed E-state index contributed by atoms with van der Waals surface area (Å²) in [6, 6.07) is -1.02. The van der Waals surface area contributed by atoms with Crippen LogP contribution in [-0.4, -0.2) is 36.2 Å². The molecule has 0 aromatic rings. The summed E-state index contributed by atoms with van der Waals surface area (Å²) in [6.07, 6.45) is 0. The molecule has 0 aliphatic carbocycles. The van der Waals surface area contributed by atoms with Crippen LogP contribution in [-0.2, 0) is 0 Å². The topological polar surface area (TPSA) is 54.7 Å². The minimum atomic E-state index is -0.512. The summed E-state index contributed by atoms with van der Waals surface area (Å²) in [5.74, 6) is 0. The van der Waals surface area contributed by atoms with Crippen molar-refractivity contribution in [2.45, 2.75) is 0 Å². The number of carbonyl (C=O) groups is 2. The summed E-state index contributed by atoms with van der Waals surface area (Å²) in [5.41, 5.74) is 0. The van der Waals surface area contributed by atoms with Gasteiger partial charge in [0.25, 0.3) is 0 Å². The number of hydrogen-bond acceptors (Lipinski definition) is 2. The Morgan fingerprint density at radius 2 is 1.44 bits per heavy atom. The van der Waals surface area contributed by atoms with E-state index in [4.69, 9.17) is 0 Å². The van der Waals surface area contributed by atoms with Gasteiger partial charge in [-0.1, -0.05) is 0 Å². The Balaban J connectivity index is 2.77. The van der Waals surface area contributed by atoms with E-state index in [1.165, 1.54) is 14.1 Å². The van der Waals surface area contributed by atoms with E-state index < -0.39 is 12.1 Å². The summed E-state index contributed by atoms with van der Waals surface area (Å²) in [5, 5.41) is 5.41. The fraction of sp³-hybridized carbons (Fsp3) is 0.500. The number of hydrogen-bond donors (Lipinski definition) is 0. The molecular weight excluding hydrogens is 122 g/mol. The van der Waals surface area contributed by atoms with Crippen molar-refractivity contribution in [2.75, 3.05) is 14.1 Å². The largest absolute Gasteiger partial charge is 0.366 e. The molecule has 1 saturated heterocycles. The van der Waals surface area contributed by atoms with Crippen LogP contribution in [0, 0.1) is 0 Å². The number of carbonyl (C=O) groups excluding carboxylic acids is 2. The van der Waals surface area contributed by atoms with E-state index >= 15 is 0 Å². The van der Waals surface area contributed by atoms with E-state index in [0.717, 1.165) is 10.0 Å². The van der Waals surface area contributed by atoms with Gasteiger partial charge in [0, 0.05) is 14.1 Å². The number of nitrogens with zero attached hydrogens (tertiary/aromatic N) is 3. The van der Waals surface area contributed by atoms with E-state index in [9.17, 15) is 9.59 Å². The lowest BCUT2D eigenvalue weighted by Crippen LogP contribution is -2.32. The molecule has 1 rings (SSSR count). The van der Waals surface area contributed by atoms with Crippen LogP contribution in [0.2, 0.25) is 0 Å². The minimum Gasteiger partial charge on any atom is -0.244 e. The summed E-state index contributed by atoms with van der Waals surface area (Å²) >= 11 is 0. The van der Waals surface area contributed by atoms with Gasteiger partial charge >= 0.3 is 12.1 Å². The van der Waals surface area contributed by atoms with Gasteiger partial charge in [0.05, 0.1) is 0 Å². The standard InChI is InChI=1S/C4H6N3O2/c1-6-3(8)5-4(9)7(6)2/h1-2H3. The molecule has 5 nitrogen and oxygen atoms in total. The maximum atomic E-state index is 10.5.